The summed E-state index contributed by atoms with van der Waals surface area (Å²) in [7, 11) is -3.64. The summed E-state index contributed by atoms with van der Waals surface area (Å²) in [6.07, 6.45) is 0.537. The summed E-state index contributed by atoms with van der Waals surface area (Å²) >= 11 is 18.5. The highest BCUT2D eigenvalue weighted by Crippen LogP contribution is 2.34. The van der Waals surface area contributed by atoms with Crippen molar-refractivity contribution in [3.05, 3.63) is 49.6 Å². The van der Waals surface area contributed by atoms with Crippen LogP contribution in [0.25, 0.3) is 0 Å². The Morgan fingerprint density at radius 2 is 1.90 bits per heavy atom. The first-order chi connectivity index (χ1) is 9.38. The number of thiophene rings is 1. The SMILES string of the molecule is O=S(=O)(NCCc1cccc(Cl)c1)c1cc(Cl)sc1Cl. The number of hydrogen-bond donors (Lipinski definition) is 1. The van der Waals surface area contributed by atoms with E-state index in [0.717, 1.165) is 16.9 Å². The lowest BCUT2D eigenvalue weighted by atomic mass is 10.2. The third-order valence-corrected chi connectivity index (χ3v) is 5.96. The van der Waals surface area contributed by atoms with Crippen LogP contribution in [0, 0.1) is 0 Å². The van der Waals surface area contributed by atoms with E-state index in [1.54, 1.807) is 12.1 Å². The molecule has 8 heteroatoms. The van der Waals surface area contributed by atoms with Crippen LogP contribution in [0.4, 0.5) is 0 Å². The van der Waals surface area contributed by atoms with E-state index in [1.165, 1.54) is 6.07 Å². The van der Waals surface area contributed by atoms with Crippen molar-refractivity contribution in [3.63, 3.8) is 0 Å². The van der Waals surface area contributed by atoms with Crippen LogP contribution >= 0.6 is 46.1 Å². The maximum absolute atomic E-state index is 12.0. The molecule has 0 unspecified atom stereocenters. The summed E-state index contributed by atoms with van der Waals surface area (Å²) in [4.78, 5) is 0.0141. The van der Waals surface area contributed by atoms with Gasteiger partial charge in [0.15, 0.2) is 0 Å². The fourth-order valence-electron chi connectivity index (χ4n) is 1.61. The Hall–Kier alpha value is -0.300. The summed E-state index contributed by atoms with van der Waals surface area (Å²) in [6.45, 7) is 0.256. The van der Waals surface area contributed by atoms with Crippen LogP contribution in [0.15, 0.2) is 35.2 Å². The predicted molar refractivity (Wildman–Crippen MR) is 84.7 cm³/mol. The second-order valence-electron chi connectivity index (χ2n) is 3.97. The number of rotatable bonds is 5. The minimum atomic E-state index is -3.64. The molecule has 108 valence electrons. The van der Waals surface area contributed by atoms with E-state index in [9.17, 15) is 8.42 Å². The molecular formula is C12H10Cl3NO2S2. The second-order valence-corrected chi connectivity index (χ2v) is 8.42. The molecule has 0 radical (unpaired) electrons. The molecule has 0 spiro atoms. The van der Waals surface area contributed by atoms with E-state index in [4.69, 9.17) is 34.8 Å². The Morgan fingerprint density at radius 3 is 2.50 bits per heavy atom. The molecule has 1 N–H and O–H groups in total. The fraction of sp³-hybridized carbons (Fsp3) is 0.167. The molecule has 3 nitrogen and oxygen atoms in total. The summed E-state index contributed by atoms with van der Waals surface area (Å²) in [5, 5.41) is 0.623. The lowest BCUT2D eigenvalue weighted by Crippen LogP contribution is -2.25. The molecule has 20 heavy (non-hydrogen) atoms. The van der Waals surface area contributed by atoms with Crippen LogP contribution in [0.3, 0.4) is 0 Å². The molecule has 2 aromatic rings. The van der Waals surface area contributed by atoms with Gasteiger partial charge < -0.3 is 0 Å². The zero-order chi connectivity index (χ0) is 14.8. The maximum atomic E-state index is 12.0. The average Bonchev–Trinajstić information content (AvgIpc) is 2.69. The van der Waals surface area contributed by atoms with Gasteiger partial charge in [0.1, 0.15) is 9.23 Å². The van der Waals surface area contributed by atoms with E-state index >= 15 is 0 Å². The van der Waals surface area contributed by atoms with E-state index in [-0.39, 0.29) is 15.8 Å². The maximum Gasteiger partial charge on any atom is 0.242 e. The highest BCUT2D eigenvalue weighted by Gasteiger charge is 2.20. The quantitative estimate of drug-likeness (QED) is 0.856. The standard InChI is InChI=1S/C12H10Cl3NO2S2/c13-9-3-1-2-8(6-9)4-5-16-20(17,18)10-7-11(14)19-12(10)15/h1-3,6-7,16H,4-5H2. The third-order valence-electron chi connectivity index (χ3n) is 2.51. The first kappa shape index (κ1) is 16.1. The molecule has 2 rings (SSSR count). The van der Waals surface area contributed by atoms with Crippen LogP contribution in [0.2, 0.25) is 13.7 Å². The van der Waals surface area contributed by atoms with Gasteiger partial charge in [-0.25, -0.2) is 13.1 Å². The highest BCUT2D eigenvalue weighted by atomic mass is 35.5. The van der Waals surface area contributed by atoms with Gasteiger partial charge in [0.2, 0.25) is 10.0 Å². The second kappa shape index (κ2) is 6.64. The molecule has 1 heterocycles. The lowest BCUT2D eigenvalue weighted by Gasteiger charge is -2.06. The largest absolute Gasteiger partial charge is 0.242 e. The summed E-state index contributed by atoms with van der Waals surface area (Å²) in [6, 6.07) is 8.61. The van der Waals surface area contributed by atoms with Crippen molar-refractivity contribution in [1.29, 1.82) is 0 Å². The molecule has 1 aromatic heterocycles. The van der Waals surface area contributed by atoms with Crippen LogP contribution in [-0.2, 0) is 16.4 Å². The smallest absolute Gasteiger partial charge is 0.211 e. The number of hydrogen-bond acceptors (Lipinski definition) is 3. The van der Waals surface area contributed by atoms with E-state index in [0.29, 0.717) is 15.8 Å². The third kappa shape index (κ3) is 4.10. The number of halogens is 3. The molecule has 0 saturated heterocycles. The fourth-order valence-corrected chi connectivity index (χ4v) is 5.00. The first-order valence-corrected chi connectivity index (χ1v) is 9.01. The van der Waals surface area contributed by atoms with E-state index in [1.807, 2.05) is 12.1 Å². The van der Waals surface area contributed by atoms with Crippen molar-refractivity contribution < 1.29 is 8.42 Å². The highest BCUT2D eigenvalue weighted by molar-refractivity contribution is 7.89. The van der Waals surface area contributed by atoms with Crippen molar-refractivity contribution >= 4 is 56.2 Å². The van der Waals surface area contributed by atoms with Gasteiger partial charge in [-0.15, -0.1) is 11.3 Å². The monoisotopic (exact) mass is 369 g/mol. The molecule has 0 bridgehead atoms. The van der Waals surface area contributed by atoms with Crippen LogP contribution in [0.1, 0.15) is 5.56 Å². The Bertz CT molecular complexity index is 713. The molecule has 0 amide bonds. The Labute approximate surface area is 136 Å². The zero-order valence-electron chi connectivity index (χ0n) is 10.1. The minimum Gasteiger partial charge on any atom is -0.211 e. The van der Waals surface area contributed by atoms with Crippen molar-refractivity contribution in [2.45, 2.75) is 11.3 Å². The van der Waals surface area contributed by atoms with E-state index in [2.05, 4.69) is 4.72 Å². The topological polar surface area (TPSA) is 46.2 Å². The molecule has 0 atom stereocenters. The molecular weight excluding hydrogens is 361 g/mol. The molecule has 0 saturated carbocycles. The normalized spacial score (nSPS) is 11.8. The summed E-state index contributed by atoms with van der Waals surface area (Å²) in [5.74, 6) is 0. The summed E-state index contributed by atoms with van der Waals surface area (Å²) in [5.41, 5.74) is 0.953. The van der Waals surface area contributed by atoms with Gasteiger partial charge in [0.05, 0.1) is 4.34 Å². The first-order valence-electron chi connectivity index (χ1n) is 5.57. The molecule has 0 aliphatic heterocycles. The Balaban J connectivity index is 2.01. The zero-order valence-corrected chi connectivity index (χ0v) is 14.0. The average molecular weight is 371 g/mol. The van der Waals surface area contributed by atoms with Crippen molar-refractivity contribution in [2.75, 3.05) is 6.54 Å². The van der Waals surface area contributed by atoms with Crippen LogP contribution < -0.4 is 4.72 Å². The Morgan fingerprint density at radius 1 is 1.15 bits per heavy atom. The number of benzene rings is 1. The predicted octanol–water partition coefficient (Wildman–Crippen LogP) is 4.23. The molecule has 0 aliphatic rings. The molecule has 0 fully saturated rings. The Kier molecular flexibility index (Phi) is 5.34. The van der Waals surface area contributed by atoms with Gasteiger partial charge >= 0.3 is 0 Å². The van der Waals surface area contributed by atoms with Gasteiger partial charge in [-0.05, 0) is 30.2 Å². The van der Waals surface area contributed by atoms with Crippen LogP contribution in [0.5, 0.6) is 0 Å². The number of sulfonamides is 1. The van der Waals surface area contributed by atoms with Crippen molar-refractivity contribution in [1.82, 2.24) is 4.72 Å². The van der Waals surface area contributed by atoms with Crippen LogP contribution in [-0.4, -0.2) is 15.0 Å². The van der Waals surface area contributed by atoms with Crippen molar-refractivity contribution in [3.8, 4) is 0 Å². The number of nitrogens with one attached hydrogen (secondary N) is 1. The van der Waals surface area contributed by atoms with Gasteiger partial charge in [-0.2, -0.15) is 0 Å². The van der Waals surface area contributed by atoms with E-state index < -0.39 is 10.0 Å². The van der Waals surface area contributed by atoms with Gasteiger partial charge in [0.25, 0.3) is 0 Å². The molecule has 1 aromatic carbocycles. The minimum absolute atomic E-state index is 0.0141. The van der Waals surface area contributed by atoms with Gasteiger partial charge in [-0.1, -0.05) is 46.9 Å². The summed E-state index contributed by atoms with van der Waals surface area (Å²) < 4.78 is 27.1. The van der Waals surface area contributed by atoms with Crippen molar-refractivity contribution in [2.24, 2.45) is 0 Å². The van der Waals surface area contributed by atoms with Gasteiger partial charge in [-0.3, -0.25) is 0 Å². The lowest BCUT2D eigenvalue weighted by molar-refractivity contribution is 0.582. The van der Waals surface area contributed by atoms with Gasteiger partial charge in [0, 0.05) is 11.6 Å². The molecule has 0 aliphatic carbocycles.